The van der Waals surface area contributed by atoms with Gasteiger partial charge in [0.1, 0.15) is 0 Å². The van der Waals surface area contributed by atoms with Crippen molar-refractivity contribution < 1.29 is 57.7 Å². The second-order valence-corrected chi connectivity index (χ2v) is 58.9. The number of hydrogen-bond donors (Lipinski definition) is 0. The maximum Gasteiger partial charge on any atom is -1.00 e. The van der Waals surface area contributed by atoms with Gasteiger partial charge >= 0.3 is 349 Å². The van der Waals surface area contributed by atoms with Gasteiger partial charge in [-0.15, -0.1) is 0 Å². The van der Waals surface area contributed by atoms with Crippen molar-refractivity contribution in [3.8, 4) is 0 Å². The third-order valence-corrected chi connectivity index (χ3v) is 34.2. The first kappa shape index (κ1) is 54.3. The molecule has 4 rings (SSSR count). The van der Waals surface area contributed by atoms with Gasteiger partial charge in [-0.2, -0.15) is 0 Å². The van der Waals surface area contributed by atoms with E-state index in [1.807, 2.05) is 0 Å². The predicted molar refractivity (Wildman–Crippen MR) is 261 cm³/mol. The second kappa shape index (κ2) is 17.5. The molecule has 308 valence electrons. The molecule has 56 heavy (non-hydrogen) atoms. The van der Waals surface area contributed by atoms with Crippen LogP contribution in [0.5, 0.6) is 0 Å². The van der Waals surface area contributed by atoms with E-state index in [0.717, 1.165) is 0 Å². The molecule has 0 fully saturated rings. The van der Waals surface area contributed by atoms with Crippen LogP contribution in [0.4, 0.5) is 0 Å². The zero-order valence-corrected chi connectivity index (χ0v) is 50.2. The van der Waals surface area contributed by atoms with E-state index in [0.29, 0.717) is 0 Å². The Labute approximate surface area is 383 Å². The van der Waals surface area contributed by atoms with Crippen LogP contribution in [-0.4, -0.2) is 56.5 Å². The summed E-state index contributed by atoms with van der Waals surface area (Å²) in [7, 11) is -13.4. The zero-order chi connectivity index (χ0) is 40.9. The number of rotatable bonds is 10. The van der Waals surface area contributed by atoms with Crippen molar-refractivity contribution in [3.63, 3.8) is 0 Å². The van der Waals surface area contributed by atoms with E-state index in [9.17, 15) is 0 Å². The van der Waals surface area contributed by atoms with Gasteiger partial charge in [-0.05, 0) is 0 Å². The first-order valence-electron chi connectivity index (χ1n) is 20.2. The minimum absolute atomic E-state index is 0. The summed E-state index contributed by atoms with van der Waals surface area (Å²) in [6.07, 6.45) is 0. The largest absolute Gasteiger partial charge is 1.00 e. The topological polar surface area (TPSA) is 0 Å². The fraction of sp³-hybridized carbons (Fsp3) is 0.511. The molecule has 11 heteroatoms. The average Bonchev–Trinajstić information content (AvgIpc) is 3.14. The normalized spacial score (nSPS) is 15.7. The van der Waals surface area contributed by atoms with E-state index in [4.69, 9.17) is 0 Å². The summed E-state index contributed by atoms with van der Waals surface area (Å²) in [5.74, 6) is 0. The Bertz CT molecular complexity index is 1790. The Morgan fingerprint density at radius 1 is 0.339 bits per heavy atom. The van der Waals surface area contributed by atoms with Crippen LogP contribution in [0.25, 0.3) is 0 Å². The van der Waals surface area contributed by atoms with Crippen LogP contribution < -0.4 is 83.9 Å². The van der Waals surface area contributed by atoms with Crippen LogP contribution in [0.3, 0.4) is 0 Å². The molecule has 0 aliphatic heterocycles. The van der Waals surface area contributed by atoms with Gasteiger partial charge in [0.2, 0.25) is 0 Å². The number of hydrogen-bond acceptors (Lipinski definition) is 0. The molecule has 0 heterocycles. The Morgan fingerprint density at radius 2 is 0.554 bits per heavy atom. The smallest absolute Gasteiger partial charge is 1.00 e. The molecule has 1 aliphatic rings. The molecular weight excluding hydrogens is 891 g/mol. The summed E-state index contributed by atoms with van der Waals surface area (Å²) in [5, 5.41) is 15.2. The van der Waals surface area contributed by atoms with Crippen LogP contribution in [0.2, 0.25) is 121 Å². The van der Waals surface area contributed by atoms with Gasteiger partial charge in [0.05, 0.1) is 0 Å². The minimum atomic E-state index is -3.00. The van der Waals surface area contributed by atoms with Gasteiger partial charge in [-0.1, -0.05) is 0 Å². The van der Waals surface area contributed by atoms with Crippen molar-refractivity contribution in [2.75, 3.05) is 0 Å². The van der Waals surface area contributed by atoms with Gasteiger partial charge in [0.15, 0.2) is 0 Å². The van der Waals surface area contributed by atoms with E-state index in [2.05, 4.69) is 221 Å². The fourth-order valence-corrected chi connectivity index (χ4v) is 30.8. The summed E-state index contributed by atoms with van der Waals surface area (Å²) in [6, 6.07) is 24.5. The third-order valence-electron chi connectivity index (χ3n) is 12.7. The summed E-state index contributed by atoms with van der Waals surface area (Å²) >= 11 is 2.74. The van der Waals surface area contributed by atoms with Crippen molar-refractivity contribution in [3.05, 3.63) is 76.9 Å². The standard InChI is InChI=1S/C45H75Si7.3ClH.Ti/c1-32-33(2)35(4)45(34(32)3)52(39-26-23-36(46(5,6)7)29-42(39)49(14,15)16,40-27-24-37(47(8,9)10)30-43(40)50(17,18)19)41-28-25-38(48(11,12)13)31-44(41)51(20,21)22;;;;/h23-31H,1-22H3;3*1H;/q;;;;+3/p-3. The van der Waals surface area contributed by atoms with Crippen LogP contribution in [-0.2, 0) is 20.4 Å². The molecule has 0 saturated heterocycles. The fourth-order valence-electron chi connectivity index (χ4n) is 8.88. The van der Waals surface area contributed by atoms with E-state index in [1.165, 1.54) is 11.1 Å². The Hall–Kier alpha value is 0.242. The molecule has 3 aromatic carbocycles. The van der Waals surface area contributed by atoms with Crippen molar-refractivity contribution in [2.24, 2.45) is 0 Å². The molecule has 0 spiro atoms. The minimum Gasteiger partial charge on any atom is -1.00 e. The SMILES string of the molecule is CC1=C(C)[C]([Ti+3])([Si](c2ccc([Si](C)(C)C)cc2[Si](C)(C)C)(c2ccc([Si](C)(C)C)cc2[Si](C)(C)C)c2ccc([Si](C)(C)C)cc2[Si](C)(C)C)C(C)=C1C.[Cl-].[Cl-].[Cl-]. The quantitative estimate of drug-likeness (QED) is 0.188. The van der Waals surface area contributed by atoms with Crippen molar-refractivity contribution in [2.45, 2.75) is 149 Å². The molecule has 0 N–H and O–H groups in total. The summed E-state index contributed by atoms with van der Waals surface area (Å²) in [6.45, 7) is 56.6. The van der Waals surface area contributed by atoms with E-state index < -0.39 is 56.5 Å². The van der Waals surface area contributed by atoms with E-state index in [1.54, 1.807) is 57.8 Å². The van der Waals surface area contributed by atoms with Gasteiger partial charge in [-0.25, -0.2) is 0 Å². The average molecular weight is 967 g/mol. The Balaban J connectivity index is 0.00000523. The van der Waals surface area contributed by atoms with Crippen LogP contribution >= 0.6 is 0 Å². The Morgan fingerprint density at radius 3 is 0.732 bits per heavy atom. The monoisotopic (exact) mass is 964 g/mol. The van der Waals surface area contributed by atoms with Gasteiger partial charge in [-0.3, -0.25) is 0 Å². The van der Waals surface area contributed by atoms with Gasteiger partial charge in [0.25, 0.3) is 0 Å². The van der Waals surface area contributed by atoms with Gasteiger partial charge in [0, 0.05) is 0 Å². The van der Waals surface area contributed by atoms with E-state index >= 15 is 0 Å². The summed E-state index contributed by atoms with van der Waals surface area (Å²) in [5.41, 5.74) is 6.27. The van der Waals surface area contributed by atoms with Gasteiger partial charge < -0.3 is 37.2 Å². The molecule has 0 atom stereocenters. The molecular formula is C45H75Cl3Si7Ti. The maximum atomic E-state index is 2.78. The number of benzene rings is 3. The molecule has 0 unspecified atom stereocenters. The first-order chi connectivity index (χ1) is 23.6. The third kappa shape index (κ3) is 9.65. The maximum absolute atomic E-state index is 3.00. The number of halogens is 3. The van der Waals surface area contributed by atoms with Crippen molar-refractivity contribution in [1.82, 2.24) is 0 Å². The molecule has 0 bridgehead atoms. The molecule has 3 aromatic rings. The second-order valence-electron chi connectivity index (χ2n) is 22.8. The molecule has 0 amide bonds. The first-order valence-corrected chi connectivity index (χ1v) is 44.0. The number of allylic oxidation sites excluding steroid dienone is 4. The summed E-state index contributed by atoms with van der Waals surface area (Å²) in [4.78, 5) is 0. The van der Waals surface area contributed by atoms with Crippen molar-refractivity contribution >= 4 is 103 Å². The van der Waals surface area contributed by atoms with Crippen LogP contribution in [0.15, 0.2) is 76.9 Å². The molecule has 0 saturated carbocycles. The molecule has 0 aromatic heterocycles. The van der Waals surface area contributed by atoms with Crippen LogP contribution in [0.1, 0.15) is 27.7 Å². The Kier molecular flexibility index (Phi) is 17.0. The molecule has 0 nitrogen and oxygen atoms in total. The van der Waals surface area contributed by atoms with Crippen LogP contribution in [0, 0.1) is 0 Å². The summed E-state index contributed by atoms with van der Waals surface area (Å²) < 4.78 is -0.125. The zero-order valence-electron chi connectivity index (χ0n) is 39.3. The van der Waals surface area contributed by atoms with Crippen molar-refractivity contribution in [1.29, 1.82) is 0 Å². The van der Waals surface area contributed by atoms with E-state index in [-0.39, 0.29) is 40.6 Å². The molecule has 1 aliphatic carbocycles. The molecule has 0 radical (unpaired) electrons. The predicted octanol–water partition coefficient (Wildman–Crippen LogP) is -0.629.